The molecule has 0 spiro atoms. The summed E-state index contributed by atoms with van der Waals surface area (Å²) in [6.07, 6.45) is 7.57. The molecule has 2 fully saturated rings. The van der Waals surface area contributed by atoms with E-state index in [1.807, 2.05) is 54.6 Å². The van der Waals surface area contributed by atoms with Crippen molar-refractivity contribution in [2.24, 2.45) is 11.8 Å². The van der Waals surface area contributed by atoms with Gasteiger partial charge in [0.25, 0.3) is 11.1 Å². The Morgan fingerprint density at radius 3 is 2.30 bits per heavy atom. The highest BCUT2D eigenvalue weighted by molar-refractivity contribution is 7.82. The van der Waals surface area contributed by atoms with Gasteiger partial charge in [-0.25, -0.2) is 13.4 Å². The van der Waals surface area contributed by atoms with Crippen LogP contribution in [0.4, 0.5) is 4.39 Å². The lowest BCUT2D eigenvalue weighted by Gasteiger charge is -2.30. The largest absolute Gasteiger partial charge is 0.497 e. The Hall–Kier alpha value is -3.23. The zero-order valence-electron chi connectivity index (χ0n) is 25.6. The third-order valence-electron chi connectivity index (χ3n) is 9.01. The summed E-state index contributed by atoms with van der Waals surface area (Å²) < 4.78 is 45.5. The van der Waals surface area contributed by atoms with Crippen molar-refractivity contribution in [2.75, 3.05) is 13.7 Å². The van der Waals surface area contributed by atoms with Gasteiger partial charge in [0.05, 0.1) is 19.3 Å². The molecule has 1 N–H and O–H groups in total. The molecule has 44 heavy (non-hydrogen) atoms. The number of aliphatic hydroxyl groups is 1. The SMILES string of the molecule is COc1ccc(CC(Cc2ccccc2)c2ccccc2OS(=O)C(C)(F)C(=O)OCC2CCCC(CC3(O)CC3)C2)cc1. The summed E-state index contributed by atoms with van der Waals surface area (Å²) in [7, 11) is 1.63. The average Bonchev–Trinajstić information content (AvgIpc) is 3.76. The van der Waals surface area contributed by atoms with Gasteiger partial charge in [-0.15, -0.1) is 0 Å². The van der Waals surface area contributed by atoms with E-state index in [0.29, 0.717) is 18.8 Å². The quantitative estimate of drug-likeness (QED) is 0.191. The van der Waals surface area contributed by atoms with Gasteiger partial charge in [0.15, 0.2) is 0 Å². The van der Waals surface area contributed by atoms with E-state index in [-0.39, 0.29) is 24.2 Å². The highest BCUT2D eigenvalue weighted by Crippen LogP contribution is 2.45. The van der Waals surface area contributed by atoms with E-state index in [2.05, 4.69) is 12.1 Å². The van der Waals surface area contributed by atoms with E-state index in [9.17, 15) is 14.1 Å². The third-order valence-corrected chi connectivity index (χ3v) is 10.1. The van der Waals surface area contributed by atoms with Gasteiger partial charge in [-0.1, -0.05) is 73.5 Å². The predicted octanol–water partition coefficient (Wildman–Crippen LogP) is 7.26. The number of hydrogen-bond acceptors (Lipinski definition) is 6. The second-order valence-electron chi connectivity index (χ2n) is 12.6. The number of halogens is 1. The molecule has 8 heteroatoms. The first-order valence-corrected chi connectivity index (χ1v) is 16.7. The van der Waals surface area contributed by atoms with Crippen LogP contribution in [0.1, 0.15) is 74.5 Å². The molecule has 0 amide bonds. The van der Waals surface area contributed by atoms with Gasteiger partial charge in [0.2, 0.25) is 0 Å². The van der Waals surface area contributed by atoms with Gasteiger partial charge < -0.3 is 18.8 Å². The first kappa shape index (κ1) is 32.2. The summed E-state index contributed by atoms with van der Waals surface area (Å²) in [6, 6.07) is 25.1. The van der Waals surface area contributed by atoms with Crippen molar-refractivity contribution in [1.29, 1.82) is 0 Å². The van der Waals surface area contributed by atoms with E-state index in [0.717, 1.165) is 74.3 Å². The molecule has 0 aliphatic heterocycles. The van der Waals surface area contributed by atoms with Gasteiger partial charge in [-0.05, 0) is 105 Å². The number of rotatable bonds is 14. The zero-order valence-corrected chi connectivity index (χ0v) is 26.4. The molecule has 5 unspecified atom stereocenters. The van der Waals surface area contributed by atoms with E-state index in [1.54, 1.807) is 19.2 Å². The van der Waals surface area contributed by atoms with Crippen molar-refractivity contribution < 1.29 is 32.2 Å². The molecule has 5 rings (SSSR count). The highest BCUT2D eigenvalue weighted by atomic mass is 32.2. The van der Waals surface area contributed by atoms with Crippen LogP contribution < -0.4 is 8.92 Å². The molecule has 0 heterocycles. The van der Waals surface area contributed by atoms with Crippen LogP contribution >= 0.6 is 0 Å². The van der Waals surface area contributed by atoms with Crippen molar-refractivity contribution in [3.8, 4) is 11.5 Å². The Morgan fingerprint density at radius 1 is 0.977 bits per heavy atom. The number of carbonyl (C=O) groups is 1. The van der Waals surface area contributed by atoms with E-state index in [4.69, 9.17) is 13.7 Å². The maximum Gasteiger partial charge on any atom is 0.360 e. The predicted molar refractivity (Wildman–Crippen MR) is 170 cm³/mol. The summed E-state index contributed by atoms with van der Waals surface area (Å²) >= 11 is -2.64. The summed E-state index contributed by atoms with van der Waals surface area (Å²) in [6.45, 7) is 1.03. The van der Waals surface area contributed by atoms with Gasteiger partial charge in [0, 0.05) is 0 Å². The molecule has 2 aliphatic rings. The first-order chi connectivity index (χ1) is 21.1. The second-order valence-corrected chi connectivity index (χ2v) is 14.0. The number of esters is 1. The van der Waals surface area contributed by atoms with Crippen LogP contribution in [-0.4, -0.2) is 39.6 Å². The van der Waals surface area contributed by atoms with Crippen LogP contribution in [0.25, 0.3) is 0 Å². The van der Waals surface area contributed by atoms with Gasteiger partial charge in [0.1, 0.15) is 11.5 Å². The number of alkyl halides is 1. The maximum atomic E-state index is 15.8. The Morgan fingerprint density at radius 2 is 1.61 bits per heavy atom. The molecular weight excluding hydrogens is 579 g/mol. The summed E-state index contributed by atoms with van der Waals surface area (Å²) in [5, 5.41) is 7.46. The highest BCUT2D eigenvalue weighted by Gasteiger charge is 2.46. The lowest BCUT2D eigenvalue weighted by Crippen LogP contribution is -2.40. The molecule has 2 saturated carbocycles. The Kier molecular flexibility index (Phi) is 10.4. The molecule has 0 aromatic heterocycles. The van der Waals surface area contributed by atoms with Crippen LogP contribution in [-0.2, 0) is 33.5 Å². The Labute approximate surface area is 262 Å². The van der Waals surface area contributed by atoms with E-state index >= 15 is 4.39 Å². The monoisotopic (exact) mass is 622 g/mol. The van der Waals surface area contributed by atoms with Crippen LogP contribution in [0.2, 0.25) is 0 Å². The summed E-state index contributed by atoms with van der Waals surface area (Å²) in [5.41, 5.74) is 2.46. The lowest BCUT2D eigenvalue weighted by atomic mass is 9.79. The maximum absolute atomic E-state index is 15.8. The fourth-order valence-corrected chi connectivity index (χ4v) is 6.97. The standard InChI is InChI=1S/C36H43FO6S/c1-35(37,34(38)42-25-29-12-8-11-28(21-29)24-36(39)19-20-36)44(40)43-33-14-7-6-13-32(33)30(22-26-9-4-3-5-10-26)23-27-15-17-31(41-2)18-16-27/h3-7,9-10,13-18,28-30,39H,8,11-12,19-25H2,1-2H3. The number of carbonyl (C=O) groups excluding carboxylic acids is 1. The number of methoxy groups -OCH3 is 1. The normalized spacial score (nSPS) is 21.8. The molecule has 3 aromatic rings. The number of hydrogen-bond donors (Lipinski definition) is 1. The van der Waals surface area contributed by atoms with Crippen LogP contribution in [0.3, 0.4) is 0 Å². The first-order valence-electron chi connectivity index (χ1n) is 15.6. The Bertz CT molecular complexity index is 1410. The number of para-hydroxylation sites is 1. The molecular formula is C36H43FO6S. The van der Waals surface area contributed by atoms with Gasteiger partial charge in [-0.3, -0.25) is 0 Å². The van der Waals surface area contributed by atoms with Crippen molar-refractivity contribution in [2.45, 2.75) is 81.2 Å². The molecule has 3 aromatic carbocycles. The van der Waals surface area contributed by atoms with Crippen LogP contribution in [0.5, 0.6) is 11.5 Å². The van der Waals surface area contributed by atoms with Crippen LogP contribution in [0, 0.1) is 11.8 Å². The summed E-state index contributed by atoms with van der Waals surface area (Å²) in [5.74, 6) is 0.252. The molecule has 0 bridgehead atoms. The van der Waals surface area contributed by atoms with Gasteiger partial charge >= 0.3 is 11.0 Å². The van der Waals surface area contributed by atoms with Gasteiger partial charge in [-0.2, -0.15) is 0 Å². The van der Waals surface area contributed by atoms with Crippen molar-refractivity contribution in [3.05, 3.63) is 95.6 Å². The average molecular weight is 623 g/mol. The number of benzene rings is 3. The Balaban J connectivity index is 1.26. The molecule has 2 aliphatic carbocycles. The smallest absolute Gasteiger partial charge is 0.360 e. The van der Waals surface area contributed by atoms with Crippen molar-refractivity contribution in [3.63, 3.8) is 0 Å². The molecule has 0 saturated heterocycles. The van der Waals surface area contributed by atoms with Crippen LogP contribution in [0.15, 0.2) is 78.9 Å². The van der Waals surface area contributed by atoms with Crippen molar-refractivity contribution >= 4 is 17.0 Å². The minimum atomic E-state index is -2.85. The topological polar surface area (TPSA) is 82.1 Å². The lowest BCUT2D eigenvalue weighted by molar-refractivity contribution is -0.153. The van der Waals surface area contributed by atoms with E-state index in [1.165, 1.54) is 0 Å². The number of ether oxygens (including phenoxy) is 2. The second kappa shape index (κ2) is 14.2. The molecule has 0 radical (unpaired) electrons. The zero-order chi connectivity index (χ0) is 31.2. The molecule has 6 nitrogen and oxygen atoms in total. The molecule has 236 valence electrons. The molecule has 5 atom stereocenters. The third kappa shape index (κ3) is 8.48. The minimum Gasteiger partial charge on any atom is -0.497 e. The summed E-state index contributed by atoms with van der Waals surface area (Å²) in [4.78, 5) is 12.9. The fraction of sp³-hybridized carbons (Fsp3) is 0.472. The van der Waals surface area contributed by atoms with E-state index < -0.39 is 27.7 Å². The minimum absolute atomic E-state index is 0.0715. The van der Waals surface area contributed by atoms with Crippen molar-refractivity contribution in [1.82, 2.24) is 0 Å². The fourth-order valence-electron chi connectivity index (χ4n) is 6.31.